The Balaban J connectivity index is 1.74. The van der Waals surface area contributed by atoms with Crippen molar-refractivity contribution in [1.82, 2.24) is 10.3 Å². The number of carbonyl (C=O) groups is 2. The lowest BCUT2D eigenvalue weighted by Crippen LogP contribution is -2.47. The van der Waals surface area contributed by atoms with E-state index in [2.05, 4.69) is 28.6 Å². The van der Waals surface area contributed by atoms with Gasteiger partial charge < -0.3 is 15.1 Å². The number of aromatic nitrogens is 1. The molecule has 0 bridgehead atoms. The topological polar surface area (TPSA) is 84.2 Å². The fourth-order valence-electron chi connectivity index (χ4n) is 2.58. The van der Waals surface area contributed by atoms with Crippen LogP contribution in [0.4, 0.5) is 5.13 Å². The Bertz CT molecular complexity index is 915. The van der Waals surface area contributed by atoms with Crippen LogP contribution >= 0.6 is 11.3 Å². The molecule has 2 heterocycles. The number of hydrogen-bond acceptors (Lipinski definition) is 5. The minimum atomic E-state index is -0.689. The molecule has 2 aromatic heterocycles. The lowest BCUT2D eigenvalue weighted by molar-refractivity contribution is -0.118. The largest absolute Gasteiger partial charge is 0.459 e. The van der Waals surface area contributed by atoms with Crippen LogP contribution in [0.2, 0.25) is 0 Å². The first-order chi connectivity index (χ1) is 12.5. The van der Waals surface area contributed by atoms with Gasteiger partial charge in [-0.05, 0) is 42.2 Å². The molecule has 2 amide bonds. The van der Waals surface area contributed by atoms with Gasteiger partial charge in [0.2, 0.25) is 5.91 Å². The van der Waals surface area contributed by atoms with Crippen molar-refractivity contribution in [3.05, 3.63) is 47.9 Å². The third kappa shape index (κ3) is 3.94. The number of amides is 2. The number of fused-ring (bicyclic) bond motifs is 1. The highest BCUT2D eigenvalue weighted by Gasteiger charge is 2.26. The Hall–Kier alpha value is -2.67. The number of thiazole rings is 1. The summed E-state index contributed by atoms with van der Waals surface area (Å²) in [6, 6.07) is 8.58. The number of nitrogens with one attached hydrogen (secondary N) is 2. The highest BCUT2D eigenvalue weighted by atomic mass is 32.1. The zero-order valence-electron chi connectivity index (χ0n) is 14.9. The molecule has 0 aliphatic carbocycles. The first-order valence-corrected chi connectivity index (χ1v) is 9.34. The second-order valence-electron chi connectivity index (χ2n) is 6.34. The average molecular weight is 371 g/mol. The molecule has 2 N–H and O–H groups in total. The minimum absolute atomic E-state index is 0.0880. The molecule has 0 saturated heterocycles. The van der Waals surface area contributed by atoms with Gasteiger partial charge in [-0.1, -0.05) is 38.2 Å². The van der Waals surface area contributed by atoms with Gasteiger partial charge in [-0.3, -0.25) is 9.59 Å². The normalized spacial score (nSPS) is 12.3. The predicted octanol–water partition coefficient (Wildman–Crippen LogP) is 3.84. The van der Waals surface area contributed by atoms with Crippen LogP contribution in [0.3, 0.4) is 0 Å². The van der Waals surface area contributed by atoms with Gasteiger partial charge >= 0.3 is 0 Å². The minimum Gasteiger partial charge on any atom is -0.459 e. The van der Waals surface area contributed by atoms with E-state index in [9.17, 15) is 9.59 Å². The standard InChI is InChI=1S/C19H21N3O3S/c1-4-12-7-8-13-15(10-12)26-19(20-13)22-18(24)16(11(2)3)21-17(23)14-6-5-9-25-14/h5-11,16H,4H2,1-3H3,(H,21,23)(H,20,22,24)/t16-/m0/s1. The van der Waals surface area contributed by atoms with E-state index in [-0.39, 0.29) is 17.6 Å². The van der Waals surface area contributed by atoms with Crippen molar-refractivity contribution >= 4 is 38.5 Å². The summed E-state index contributed by atoms with van der Waals surface area (Å²) in [4.78, 5) is 29.3. The molecule has 0 aliphatic rings. The molecule has 0 unspecified atom stereocenters. The first-order valence-electron chi connectivity index (χ1n) is 8.52. The van der Waals surface area contributed by atoms with Gasteiger partial charge in [0.15, 0.2) is 10.9 Å². The molecule has 7 heteroatoms. The quantitative estimate of drug-likeness (QED) is 0.689. The lowest BCUT2D eigenvalue weighted by Gasteiger charge is -2.20. The van der Waals surface area contributed by atoms with E-state index >= 15 is 0 Å². The maximum atomic E-state index is 12.7. The van der Waals surface area contributed by atoms with Gasteiger partial charge in [0, 0.05) is 0 Å². The number of furan rings is 1. The molecular formula is C19H21N3O3S. The van der Waals surface area contributed by atoms with Crippen LogP contribution in [0.15, 0.2) is 41.0 Å². The first kappa shape index (κ1) is 18.1. The van der Waals surface area contributed by atoms with Crippen LogP contribution in [0, 0.1) is 5.92 Å². The van der Waals surface area contributed by atoms with Crippen molar-refractivity contribution in [3.8, 4) is 0 Å². The van der Waals surface area contributed by atoms with Crippen LogP contribution in [0.25, 0.3) is 10.2 Å². The van der Waals surface area contributed by atoms with E-state index in [0.717, 1.165) is 16.6 Å². The molecule has 3 rings (SSSR count). The molecular weight excluding hydrogens is 350 g/mol. The summed E-state index contributed by atoms with van der Waals surface area (Å²) in [5.74, 6) is -0.624. The lowest BCUT2D eigenvalue weighted by atomic mass is 10.0. The maximum absolute atomic E-state index is 12.7. The summed E-state index contributed by atoms with van der Waals surface area (Å²) in [7, 11) is 0. The molecule has 0 spiro atoms. The summed E-state index contributed by atoms with van der Waals surface area (Å²) >= 11 is 1.43. The SMILES string of the molecule is CCc1ccc2nc(NC(=O)[C@@H](NC(=O)c3ccco3)C(C)C)sc2c1. The highest BCUT2D eigenvalue weighted by molar-refractivity contribution is 7.22. The predicted molar refractivity (Wildman–Crippen MR) is 102 cm³/mol. The van der Waals surface area contributed by atoms with Crippen LogP contribution in [-0.2, 0) is 11.2 Å². The summed E-state index contributed by atoms with van der Waals surface area (Å²) in [5.41, 5.74) is 2.08. The van der Waals surface area contributed by atoms with Crippen LogP contribution < -0.4 is 10.6 Å². The molecule has 0 saturated carbocycles. The van der Waals surface area contributed by atoms with E-state index < -0.39 is 11.9 Å². The van der Waals surface area contributed by atoms with E-state index in [1.807, 2.05) is 26.0 Å². The van der Waals surface area contributed by atoms with Crippen LogP contribution in [-0.4, -0.2) is 22.8 Å². The third-order valence-electron chi connectivity index (χ3n) is 4.07. The van der Waals surface area contributed by atoms with E-state index in [0.29, 0.717) is 5.13 Å². The Morgan fingerprint density at radius 3 is 2.73 bits per heavy atom. The Morgan fingerprint density at radius 1 is 1.27 bits per heavy atom. The van der Waals surface area contributed by atoms with Crippen molar-refractivity contribution in [2.75, 3.05) is 5.32 Å². The zero-order valence-corrected chi connectivity index (χ0v) is 15.7. The molecule has 26 heavy (non-hydrogen) atoms. The third-order valence-corrected chi connectivity index (χ3v) is 5.01. The van der Waals surface area contributed by atoms with E-state index in [1.165, 1.54) is 23.2 Å². The maximum Gasteiger partial charge on any atom is 0.287 e. The van der Waals surface area contributed by atoms with Gasteiger partial charge in [-0.2, -0.15) is 0 Å². The molecule has 0 aliphatic heterocycles. The van der Waals surface area contributed by atoms with Crippen LogP contribution in [0.1, 0.15) is 36.9 Å². The van der Waals surface area contributed by atoms with Crippen molar-refractivity contribution < 1.29 is 14.0 Å². The van der Waals surface area contributed by atoms with Crippen molar-refractivity contribution in [2.45, 2.75) is 33.2 Å². The Kier molecular flexibility index (Phi) is 5.37. The number of rotatable bonds is 6. The molecule has 0 radical (unpaired) electrons. The molecule has 6 nitrogen and oxygen atoms in total. The molecule has 1 atom stereocenters. The number of aryl methyl sites for hydroxylation is 1. The van der Waals surface area contributed by atoms with E-state index in [1.54, 1.807) is 12.1 Å². The average Bonchev–Trinajstić information content (AvgIpc) is 3.27. The Morgan fingerprint density at radius 2 is 2.08 bits per heavy atom. The number of anilines is 1. The van der Waals surface area contributed by atoms with Gasteiger partial charge in [0.1, 0.15) is 6.04 Å². The molecule has 136 valence electrons. The second-order valence-corrected chi connectivity index (χ2v) is 7.37. The van der Waals surface area contributed by atoms with Crippen molar-refractivity contribution in [3.63, 3.8) is 0 Å². The highest BCUT2D eigenvalue weighted by Crippen LogP contribution is 2.27. The number of nitrogens with zero attached hydrogens (tertiary/aromatic N) is 1. The summed E-state index contributed by atoms with van der Waals surface area (Å²) in [6.45, 7) is 5.84. The molecule has 0 fully saturated rings. The number of hydrogen-bond donors (Lipinski definition) is 2. The fourth-order valence-corrected chi connectivity index (χ4v) is 3.51. The Labute approximate surface area is 155 Å². The van der Waals surface area contributed by atoms with Crippen molar-refractivity contribution in [1.29, 1.82) is 0 Å². The number of benzene rings is 1. The van der Waals surface area contributed by atoms with Crippen LogP contribution in [0.5, 0.6) is 0 Å². The smallest absolute Gasteiger partial charge is 0.287 e. The monoisotopic (exact) mass is 371 g/mol. The van der Waals surface area contributed by atoms with Gasteiger partial charge in [0.05, 0.1) is 16.5 Å². The zero-order chi connectivity index (χ0) is 18.7. The molecule has 1 aromatic carbocycles. The summed E-state index contributed by atoms with van der Waals surface area (Å²) in [6.07, 6.45) is 2.37. The summed E-state index contributed by atoms with van der Waals surface area (Å²) in [5, 5.41) is 6.07. The molecule has 3 aromatic rings. The second kappa shape index (κ2) is 7.70. The van der Waals surface area contributed by atoms with Gasteiger partial charge in [-0.15, -0.1) is 0 Å². The fraction of sp³-hybridized carbons (Fsp3) is 0.316. The van der Waals surface area contributed by atoms with E-state index in [4.69, 9.17) is 4.42 Å². The summed E-state index contributed by atoms with van der Waals surface area (Å²) < 4.78 is 6.11. The number of carbonyl (C=O) groups excluding carboxylic acids is 2. The van der Waals surface area contributed by atoms with Crippen molar-refractivity contribution in [2.24, 2.45) is 5.92 Å². The van der Waals surface area contributed by atoms with Gasteiger partial charge in [-0.25, -0.2) is 4.98 Å². The van der Waals surface area contributed by atoms with Gasteiger partial charge in [0.25, 0.3) is 5.91 Å².